The molecule has 0 saturated carbocycles. The molecule has 0 spiro atoms. The third kappa shape index (κ3) is 5.17. The van der Waals surface area contributed by atoms with Crippen LogP contribution < -0.4 is 9.46 Å². The second-order valence-corrected chi connectivity index (χ2v) is 9.35. The first-order chi connectivity index (χ1) is 14.1. The highest BCUT2D eigenvalue weighted by atomic mass is 35.5. The van der Waals surface area contributed by atoms with Crippen molar-refractivity contribution >= 4 is 67.9 Å². The lowest BCUT2D eigenvalue weighted by atomic mass is 10.1. The highest BCUT2D eigenvalue weighted by molar-refractivity contribution is 7.92. The molecule has 6 nitrogen and oxygen atoms in total. The number of sulfonamides is 1. The van der Waals surface area contributed by atoms with Crippen LogP contribution in [0.1, 0.15) is 17.3 Å². The van der Waals surface area contributed by atoms with Crippen molar-refractivity contribution in [3.8, 4) is 11.5 Å². The van der Waals surface area contributed by atoms with E-state index < -0.39 is 15.8 Å². The van der Waals surface area contributed by atoms with Crippen LogP contribution in [-0.2, 0) is 10.0 Å². The zero-order chi connectivity index (χ0) is 22.1. The third-order valence-electron chi connectivity index (χ3n) is 3.76. The molecule has 2 aromatic carbocycles. The number of halogens is 4. The summed E-state index contributed by atoms with van der Waals surface area (Å²) in [5, 5.41) is 0.568. The molecule has 0 radical (unpaired) electrons. The molecule has 0 fully saturated rings. The van der Waals surface area contributed by atoms with Gasteiger partial charge in [-0.25, -0.2) is 8.42 Å². The van der Waals surface area contributed by atoms with Crippen LogP contribution in [0, 0.1) is 0 Å². The maximum atomic E-state index is 12.7. The fraction of sp³-hybridized carbons (Fsp3) is 0.0526. The number of carbonyl (C=O) groups excluding carboxylic acids is 1. The van der Waals surface area contributed by atoms with Crippen molar-refractivity contribution in [3.05, 3.63) is 74.4 Å². The molecule has 0 atom stereocenters. The first-order valence-corrected chi connectivity index (χ1v) is 11.2. The number of aromatic nitrogens is 1. The fourth-order valence-electron chi connectivity index (χ4n) is 2.49. The summed E-state index contributed by atoms with van der Waals surface area (Å²) in [6.07, 6.45) is 2.81. The number of ketones is 1. The van der Waals surface area contributed by atoms with Crippen molar-refractivity contribution in [2.45, 2.75) is 11.8 Å². The van der Waals surface area contributed by atoms with Crippen molar-refractivity contribution in [3.63, 3.8) is 0 Å². The second-order valence-electron chi connectivity index (χ2n) is 6.01. The van der Waals surface area contributed by atoms with Gasteiger partial charge in [-0.2, -0.15) is 0 Å². The molecule has 0 aliphatic carbocycles. The number of nitrogens with one attached hydrogen (secondary N) is 1. The van der Waals surface area contributed by atoms with Crippen LogP contribution in [0.5, 0.6) is 11.5 Å². The molecule has 30 heavy (non-hydrogen) atoms. The van der Waals surface area contributed by atoms with Crippen molar-refractivity contribution in [2.75, 3.05) is 4.72 Å². The van der Waals surface area contributed by atoms with E-state index in [4.69, 9.17) is 51.1 Å². The second kappa shape index (κ2) is 8.99. The predicted molar refractivity (Wildman–Crippen MR) is 118 cm³/mol. The van der Waals surface area contributed by atoms with Crippen LogP contribution >= 0.6 is 46.4 Å². The van der Waals surface area contributed by atoms with Crippen LogP contribution in [-0.4, -0.2) is 19.2 Å². The van der Waals surface area contributed by atoms with Crippen molar-refractivity contribution in [2.24, 2.45) is 0 Å². The SMILES string of the molecule is CC(=O)c1cc(NS(=O)(=O)c2ccc(Cl)cc2Cl)cc(Cl)c1Oc1cncc(Cl)c1. The van der Waals surface area contributed by atoms with Crippen LogP contribution in [0.2, 0.25) is 20.1 Å². The van der Waals surface area contributed by atoms with Crippen molar-refractivity contribution in [1.82, 2.24) is 4.98 Å². The van der Waals surface area contributed by atoms with Gasteiger partial charge in [-0.05, 0) is 37.3 Å². The van der Waals surface area contributed by atoms with Gasteiger partial charge in [0.05, 0.1) is 32.5 Å². The Hall–Kier alpha value is -2.03. The molecule has 0 saturated heterocycles. The Bertz CT molecular complexity index is 1250. The first kappa shape index (κ1) is 22.7. The molecule has 3 rings (SSSR count). The third-order valence-corrected chi connectivity index (χ3v) is 6.35. The summed E-state index contributed by atoms with van der Waals surface area (Å²) in [5.74, 6) is -0.0960. The number of carbonyl (C=O) groups is 1. The van der Waals surface area contributed by atoms with E-state index in [1.165, 1.54) is 55.7 Å². The van der Waals surface area contributed by atoms with E-state index in [2.05, 4.69) is 9.71 Å². The average Bonchev–Trinajstić information content (AvgIpc) is 2.63. The Morgan fingerprint density at radius 2 is 1.70 bits per heavy atom. The Morgan fingerprint density at radius 3 is 2.33 bits per heavy atom. The van der Waals surface area contributed by atoms with Gasteiger partial charge in [0.25, 0.3) is 10.0 Å². The minimum atomic E-state index is -4.08. The molecule has 156 valence electrons. The number of pyridine rings is 1. The standard InChI is InChI=1S/C19H12Cl4N2O4S/c1-10(26)15-6-13(25-30(27,28)18-3-2-11(20)5-16(18)22)7-17(23)19(15)29-14-4-12(21)8-24-9-14/h2-9,25H,1H3. The quantitative estimate of drug-likeness (QED) is 0.387. The minimum absolute atomic E-state index is 0.00239. The van der Waals surface area contributed by atoms with Gasteiger partial charge in [0.15, 0.2) is 11.5 Å². The van der Waals surface area contributed by atoms with E-state index in [0.717, 1.165) is 0 Å². The van der Waals surface area contributed by atoms with Gasteiger partial charge in [-0.15, -0.1) is 0 Å². The van der Waals surface area contributed by atoms with Crippen LogP contribution in [0.3, 0.4) is 0 Å². The molecule has 0 aliphatic heterocycles. The molecule has 11 heteroatoms. The van der Waals surface area contributed by atoms with E-state index in [0.29, 0.717) is 5.02 Å². The number of ether oxygens (including phenoxy) is 1. The molecule has 1 heterocycles. The van der Waals surface area contributed by atoms with Gasteiger partial charge in [-0.1, -0.05) is 46.4 Å². The number of anilines is 1. The predicted octanol–water partition coefficient (Wildman–Crippen LogP) is 6.49. The maximum Gasteiger partial charge on any atom is 0.263 e. The summed E-state index contributed by atoms with van der Waals surface area (Å²) in [6, 6.07) is 8.08. The Labute approximate surface area is 192 Å². The topological polar surface area (TPSA) is 85.4 Å². The minimum Gasteiger partial charge on any atom is -0.453 e. The summed E-state index contributed by atoms with van der Waals surface area (Å²) >= 11 is 24.0. The van der Waals surface area contributed by atoms with Gasteiger partial charge in [0.1, 0.15) is 10.6 Å². The first-order valence-electron chi connectivity index (χ1n) is 8.17. The van der Waals surface area contributed by atoms with Gasteiger partial charge in [0, 0.05) is 17.3 Å². The maximum absolute atomic E-state index is 12.7. The van der Waals surface area contributed by atoms with E-state index >= 15 is 0 Å². The number of Topliss-reactive ketones (excluding diaryl/α,β-unsaturated/α-hetero) is 1. The zero-order valence-corrected chi connectivity index (χ0v) is 19.0. The molecule has 0 aliphatic rings. The normalized spacial score (nSPS) is 11.2. The highest BCUT2D eigenvalue weighted by Gasteiger charge is 2.22. The van der Waals surface area contributed by atoms with Crippen LogP contribution in [0.15, 0.2) is 53.7 Å². The summed E-state index contributed by atoms with van der Waals surface area (Å²) in [6.45, 7) is 1.29. The monoisotopic (exact) mass is 504 g/mol. The summed E-state index contributed by atoms with van der Waals surface area (Å²) in [4.78, 5) is 15.9. The van der Waals surface area contributed by atoms with Crippen LogP contribution in [0.25, 0.3) is 0 Å². The molecule has 3 aromatic rings. The number of benzene rings is 2. The summed E-state index contributed by atoms with van der Waals surface area (Å²) in [5.41, 5.74) is 0.107. The number of hydrogen-bond donors (Lipinski definition) is 1. The van der Waals surface area contributed by atoms with Crippen molar-refractivity contribution < 1.29 is 17.9 Å². The number of nitrogens with zero attached hydrogens (tertiary/aromatic N) is 1. The number of rotatable bonds is 6. The smallest absolute Gasteiger partial charge is 0.263 e. The molecule has 1 aromatic heterocycles. The fourth-order valence-corrected chi connectivity index (χ4v) is 4.72. The molecule has 0 unspecified atom stereocenters. The van der Waals surface area contributed by atoms with E-state index in [9.17, 15) is 13.2 Å². The molecule has 0 amide bonds. The molecular formula is C19H12Cl4N2O4S. The highest BCUT2D eigenvalue weighted by Crippen LogP contribution is 2.37. The van der Waals surface area contributed by atoms with Gasteiger partial charge in [0.2, 0.25) is 0 Å². The Kier molecular flexibility index (Phi) is 6.79. The molecule has 0 bridgehead atoms. The van der Waals surface area contributed by atoms with Gasteiger partial charge in [-0.3, -0.25) is 14.5 Å². The summed E-state index contributed by atoms with van der Waals surface area (Å²) in [7, 11) is -4.08. The van der Waals surface area contributed by atoms with E-state index in [1.54, 1.807) is 0 Å². The van der Waals surface area contributed by atoms with Crippen molar-refractivity contribution in [1.29, 1.82) is 0 Å². The average molecular weight is 506 g/mol. The lowest BCUT2D eigenvalue weighted by molar-refractivity contribution is 0.101. The number of hydrogen-bond acceptors (Lipinski definition) is 5. The van der Waals surface area contributed by atoms with E-state index in [-0.39, 0.29) is 42.7 Å². The van der Waals surface area contributed by atoms with Crippen LogP contribution in [0.4, 0.5) is 5.69 Å². The lowest BCUT2D eigenvalue weighted by Gasteiger charge is -2.15. The van der Waals surface area contributed by atoms with Gasteiger partial charge < -0.3 is 4.74 Å². The van der Waals surface area contributed by atoms with E-state index in [1.807, 2.05) is 0 Å². The van der Waals surface area contributed by atoms with Gasteiger partial charge >= 0.3 is 0 Å². The Balaban J connectivity index is 2.00. The molecule has 1 N–H and O–H groups in total. The largest absolute Gasteiger partial charge is 0.453 e. The Morgan fingerprint density at radius 1 is 0.967 bits per heavy atom. The molecular weight excluding hydrogens is 494 g/mol. The lowest BCUT2D eigenvalue weighted by Crippen LogP contribution is -2.14. The summed E-state index contributed by atoms with van der Waals surface area (Å²) < 4.78 is 33.5. The zero-order valence-electron chi connectivity index (χ0n) is 15.1.